The summed E-state index contributed by atoms with van der Waals surface area (Å²) in [4.78, 5) is 25.1. The van der Waals surface area contributed by atoms with Crippen LogP contribution in [0.4, 0.5) is 0 Å². The monoisotopic (exact) mass is 419 g/mol. The van der Waals surface area contributed by atoms with Crippen molar-refractivity contribution in [1.82, 2.24) is 4.57 Å². The maximum Gasteiger partial charge on any atom is 0.189 e. The number of hydrogen-bond donors (Lipinski definition) is 0. The summed E-state index contributed by atoms with van der Waals surface area (Å²) in [5.74, 6) is 0.103. The van der Waals surface area contributed by atoms with Crippen LogP contribution in [0.2, 0.25) is 0 Å². The normalized spacial score (nSPS) is 17.5. The van der Waals surface area contributed by atoms with E-state index in [0.29, 0.717) is 31.9 Å². The van der Waals surface area contributed by atoms with Crippen LogP contribution in [-0.4, -0.2) is 30.4 Å². The molecule has 0 aliphatic heterocycles. The summed E-state index contributed by atoms with van der Waals surface area (Å²) < 4.78 is 13.0. The molecule has 1 aliphatic rings. The lowest BCUT2D eigenvalue weighted by atomic mass is 9.69. The number of ketones is 1. The summed E-state index contributed by atoms with van der Waals surface area (Å²) in [7, 11) is 1.64. The topological polar surface area (TPSA) is 57.5 Å². The van der Waals surface area contributed by atoms with Gasteiger partial charge in [-0.3, -0.25) is 4.79 Å². The van der Waals surface area contributed by atoms with Gasteiger partial charge >= 0.3 is 0 Å². The van der Waals surface area contributed by atoms with E-state index in [2.05, 4.69) is 36.6 Å². The number of aromatic nitrogens is 1. The molecule has 3 aromatic rings. The van der Waals surface area contributed by atoms with Crippen molar-refractivity contribution in [1.29, 1.82) is 0 Å². The molecule has 0 saturated carbocycles. The predicted octanol–water partition coefficient (Wildman–Crippen LogP) is 4.91. The second-order valence-electron chi connectivity index (χ2n) is 8.84. The summed E-state index contributed by atoms with van der Waals surface area (Å²) in [5, 5.41) is 1.07. The first-order chi connectivity index (χ1) is 14.9. The lowest BCUT2D eigenvalue weighted by Crippen LogP contribution is -2.36. The van der Waals surface area contributed by atoms with Gasteiger partial charge in [0.1, 0.15) is 12.0 Å². The van der Waals surface area contributed by atoms with Gasteiger partial charge in [0.25, 0.3) is 0 Å². The molecular formula is C26H29NO4. The van der Waals surface area contributed by atoms with E-state index in [1.54, 1.807) is 7.11 Å². The molecule has 1 aliphatic carbocycles. The van der Waals surface area contributed by atoms with Crippen molar-refractivity contribution in [2.24, 2.45) is 5.92 Å². The predicted molar refractivity (Wildman–Crippen MR) is 121 cm³/mol. The van der Waals surface area contributed by atoms with Crippen LogP contribution < -0.4 is 4.74 Å². The summed E-state index contributed by atoms with van der Waals surface area (Å²) in [5.41, 5.74) is 4.57. The van der Waals surface area contributed by atoms with Crippen molar-refractivity contribution in [2.75, 3.05) is 13.7 Å². The fraction of sp³-hybridized carbons (Fsp3) is 0.385. The van der Waals surface area contributed by atoms with Crippen molar-refractivity contribution in [2.45, 2.75) is 45.8 Å². The lowest BCUT2D eigenvalue weighted by Gasteiger charge is -2.33. The quantitative estimate of drug-likeness (QED) is 0.403. The number of aldehydes is 1. The van der Waals surface area contributed by atoms with E-state index in [1.165, 1.54) is 0 Å². The largest absolute Gasteiger partial charge is 0.497 e. The molecule has 0 fully saturated rings. The first-order valence-corrected chi connectivity index (χ1v) is 10.8. The van der Waals surface area contributed by atoms with Crippen molar-refractivity contribution in [3.05, 3.63) is 64.8 Å². The number of benzene rings is 2. The number of hydrogen-bond acceptors (Lipinski definition) is 4. The molecule has 4 rings (SSSR count). The SMILES string of the molecule is CCOCc1ccc2c(c1)c1c(n2Cc2ccc(OC)cc2)C(=O)C(C=O)CC1(C)C. The molecule has 1 heterocycles. The van der Waals surface area contributed by atoms with Crippen LogP contribution in [0.5, 0.6) is 5.75 Å². The van der Waals surface area contributed by atoms with Gasteiger partial charge in [0.15, 0.2) is 5.78 Å². The Balaban J connectivity index is 1.92. The number of methoxy groups -OCH3 is 1. The molecule has 0 bridgehead atoms. The van der Waals surface area contributed by atoms with Gasteiger partial charge in [-0.1, -0.05) is 32.0 Å². The first kappa shape index (κ1) is 21.3. The minimum atomic E-state index is -0.607. The third-order valence-corrected chi connectivity index (χ3v) is 6.24. The number of nitrogens with zero attached hydrogens (tertiary/aromatic N) is 1. The molecule has 0 radical (unpaired) electrons. The van der Waals surface area contributed by atoms with E-state index < -0.39 is 5.92 Å². The van der Waals surface area contributed by atoms with Crippen LogP contribution in [0.3, 0.4) is 0 Å². The molecular weight excluding hydrogens is 390 g/mol. The van der Waals surface area contributed by atoms with Crippen LogP contribution in [0, 0.1) is 5.92 Å². The molecule has 162 valence electrons. The third-order valence-electron chi connectivity index (χ3n) is 6.24. The molecule has 1 unspecified atom stereocenters. The van der Waals surface area contributed by atoms with Crippen molar-refractivity contribution >= 4 is 23.0 Å². The molecule has 5 nitrogen and oxygen atoms in total. The Labute approximate surface area is 183 Å². The minimum absolute atomic E-state index is 0.0830. The van der Waals surface area contributed by atoms with Crippen LogP contribution in [0.25, 0.3) is 10.9 Å². The Hall–Kier alpha value is -2.92. The molecule has 2 aromatic carbocycles. The van der Waals surface area contributed by atoms with Gasteiger partial charge in [-0.15, -0.1) is 0 Å². The maximum atomic E-state index is 13.4. The molecule has 0 saturated heterocycles. The number of fused-ring (bicyclic) bond motifs is 3. The lowest BCUT2D eigenvalue weighted by molar-refractivity contribution is -0.110. The Morgan fingerprint density at radius 3 is 2.48 bits per heavy atom. The second-order valence-corrected chi connectivity index (χ2v) is 8.84. The Bertz CT molecular complexity index is 1120. The fourth-order valence-corrected chi connectivity index (χ4v) is 4.76. The molecule has 5 heteroatoms. The minimum Gasteiger partial charge on any atom is -0.497 e. The van der Waals surface area contributed by atoms with Gasteiger partial charge in [0, 0.05) is 24.1 Å². The van der Waals surface area contributed by atoms with Crippen molar-refractivity contribution in [3.8, 4) is 5.75 Å². The van der Waals surface area contributed by atoms with Crippen LogP contribution in [0.1, 0.15) is 54.4 Å². The van der Waals surface area contributed by atoms with Gasteiger partial charge in [-0.25, -0.2) is 0 Å². The van der Waals surface area contributed by atoms with Crippen LogP contribution in [0.15, 0.2) is 42.5 Å². The summed E-state index contributed by atoms with van der Waals surface area (Å²) in [6.45, 7) is 7.97. The van der Waals surface area contributed by atoms with E-state index in [9.17, 15) is 9.59 Å². The molecule has 0 spiro atoms. The Kier molecular flexibility index (Phi) is 5.71. The average molecular weight is 420 g/mol. The number of carbonyl (C=O) groups excluding carboxylic acids is 2. The molecule has 0 amide bonds. The van der Waals surface area contributed by atoms with Gasteiger partial charge in [-0.2, -0.15) is 0 Å². The van der Waals surface area contributed by atoms with Crippen LogP contribution in [-0.2, 0) is 28.1 Å². The van der Waals surface area contributed by atoms with Gasteiger partial charge in [0.2, 0.25) is 0 Å². The number of Topliss-reactive ketones (excluding diaryl/α,β-unsaturated/α-hetero) is 1. The maximum absolute atomic E-state index is 13.4. The zero-order valence-electron chi connectivity index (χ0n) is 18.6. The standard InChI is InChI=1S/C26H29NO4/c1-5-31-16-18-8-11-22-21(12-18)23-24(25(29)19(15-28)13-26(23,2)3)27(22)14-17-6-9-20(30-4)10-7-17/h6-12,15,19H,5,13-14,16H2,1-4H3. The summed E-state index contributed by atoms with van der Waals surface area (Å²) in [6, 6.07) is 14.1. The van der Waals surface area contributed by atoms with E-state index >= 15 is 0 Å². The highest BCUT2D eigenvalue weighted by atomic mass is 16.5. The van der Waals surface area contributed by atoms with Gasteiger partial charge in [-0.05, 0) is 59.7 Å². The average Bonchev–Trinajstić information content (AvgIpc) is 3.10. The fourth-order valence-electron chi connectivity index (χ4n) is 4.76. The van der Waals surface area contributed by atoms with Crippen molar-refractivity contribution in [3.63, 3.8) is 0 Å². The van der Waals surface area contributed by atoms with Crippen molar-refractivity contribution < 1.29 is 19.1 Å². The molecule has 1 atom stereocenters. The van der Waals surface area contributed by atoms with E-state index in [4.69, 9.17) is 9.47 Å². The van der Waals surface area contributed by atoms with E-state index in [1.807, 2.05) is 31.2 Å². The van der Waals surface area contributed by atoms with E-state index in [0.717, 1.165) is 39.6 Å². The highest BCUT2D eigenvalue weighted by Crippen LogP contribution is 2.45. The zero-order chi connectivity index (χ0) is 22.2. The Morgan fingerprint density at radius 2 is 1.84 bits per heavy atom. The van der Waals surface area contributed by atoms with E-state index in [-0.39, 0.29) is 11.2 Å². The smallest absolute Gasteiger partial charge is 0.189 e. The molecule has 0 N–H and O–H groups in total. The number of rotatable bonds is 7. The first-order valence-electron chi connectivity index (χ1n) is 10.8. The number of ether oxygens (including phenoxy) is 2. The number of carbonyl (C=O) groups is 2. The molecule has 1 aromatic heterocycles. The van der Waals surface area contributed by atoms with Crippen LogP contribution >= 0.6 is 0 Å². The van der Waals surface area contributed by atoms with Gasteiger partial charge < -0.3 is 18.8 Å². The highest BCUT2D eigenvalue weighted by molar-refractivity contribution is 6.11. The molecule has 31 heavy (non-hydrogen) atoms. The third kappa shape index (κ3) is 3.79. The zero-order valence-corrected chi connectivity index (χ0v) is 18.6. The highest BCUT2D eigenvalue weighted by Gasteiger charge is 2.42. The summed E-state index contributed by atoms with van der Waals surface area (Å²) >= 11 is 0. The summed E-state index contributed by atoms with van der Waals surface area (Å²) in [6.07, 6.45) is 1.34. The Morgan fingerprint density at radius 1 is 1.13 bits per heavy atom. The van der Waals surface area contributed by atoms with Gasteiger partial charge in [0.05, 0.1) is 25.3 Å². The second kappa shape index (κ2) is 8.31.